The molecule has 0 saturated heterocycles. The average Bonchev–Trinajstić information content (AvgIpc) is 1.89. The van der Waals surface area contributed by atoms with Gasteiger partial charge in [0, 0.05) is 6.42 Å². The highest BCUT2D eigenvalue weighted by molar-refractivity contribution is 4.88. The van der Waals surface area contributed by atoms with Crippen molar-refractivity contribution in [1.29, 1.82) is 0 Å². The minimum absolute atomic E-state index is 0.0984. The predicted molar refractivity (Wildman–Crippen MR) is 34.9 cm³/mol. The fraction of sp³-hybridized carbons (Fsp3) is 0.857. The average molecular weight is 125 g/mol. The van der Waals surface area contributed by atoms with E-state index in [-0.39, 0.29) is 12.1 Å². The van der Waals surface area contributed by atoms with Gasteiger partial charge in [-0.05, 0) is 12.8 Å². The van der Waals surface area contributed by atoms with Gasteiger partial charge >= 0.3 is 0 Å². The van der Waals surface area contributed by atoms with Crippen molar-refractivity contribution in [2.45, 2.75) is 37.8 Å². The Balaban J connectivity index is 2.41. The van der Waals surface area contributed by atoms with Crippen molar-refractivity contribution < 1.29 is 5.11 Å². The van der Waals surface area contributed by atoms with Crippen LogP contribution in [0.15, 0.2) is 0 Å². The van der Waals surface area contributed by atoms with Crippen LogP contribution >= 0.6 is 0 Å². The summed E-state index contributed by atoms with van der Waals surface area (Å²) in [6.07, 6.45) is 3.59. The maximum Gasteiger partial charge on any atom is 0.249 e. The third kappa shape index (κ3) is 1.43. The summed E-state index contributed by atoms with van der Waals surface area (Å²) in [4.78, 5) is 3.33. The predicted octanol–water partition coefficient (Wildman–Crippen LogP) is 1.21. The Labute approximate surface area is 55.3 Å². The summed E-state index contributed by atoms with van der Waals surface area (Å²) in [5.41, 5.74) is 0. The van der Waals surface area contributed by atoms with Crippen LogP contribution in [0.25, 0.3) is 4.85 Å². The third-order valence-corrected chi connectivity index (χ3v) is 1.86. The van der Waals surface area contributed by atoms with Crippen LogP contribution in [0, 0.1) is 6.57 Å². The summed E-state index contributed by atoms with van der Waals surface area (Å²) in [7, 11) is 0. The van der Waals surface area contributed by atoms with Gasteiger partial charge in [0.2, 0.25) is 6.04 Å². The van der Waals surface area contributed by atoms with E-state index in [2.05, 4.69) is 4.85 Å². The summed E-state index contributed by atoms with van der Waals surface area (Å²) in [6, 6.07) is -0.0984. The van der Waals surface area contributed by atoms with E-state index < -0.39 is 0 Å². The lowest BCUT2D eigenvalue weighted by atomic mass is 9.93. The van der Waals surface area contributed by atoms with E-state index in [1.54, 1.807) is 0 Å². The van der Waals surface area contributed by atoms with Crippen LogP contribution in [0.2, 0.25) is 0 Å². The number of nitrogens with zero attached hydrogens (tertiary/aromatic N) is 1. The van der Waals surface area contributed by atoms with Gasteiger partial charge < -0.3 is 9.95 Å². The molecular formula is C7H11NO. The monoisotopic (exact) mass is 125 g/mol. The van der Waals surface area contributed by atoms with Crippen LogP contribution < -0.4 is 0 Å². The van der Waals surface area contributed by atoms with Gasteiger partial charge in [-0.1, -0.05) is 6.42 Å². The van der Waals surface area contributed by atoms with Crippen LogP contribution in [0.5, 0.6) is 0 Å². The van der Waals surface area contributed by atoms with Gasteiger partial charge in [0.25, 0.3) is 0 Å². The lowest BCUT2D eigenvalue weighted by Crippen LogP contribution is -2.26. The Kier molecular flexibility index (Phi) is 2.07. The van der Waals surface area contributed by atoms with Crippen molar-refractivity contribution >= 4 is 0 Å². The van der Waals surface area contributed by atoms with Gasteiger partial charge in [-0.2, -0.15) is 0 Å². The molecule has 0 bridgehead atoms. The Bertz CT molecular complexity index is 127. The second kappa shape index (κ2) is 2.84. The smallest absolute Gasteiger partial charge is 0.249 e. The molecule has 0 heterocycles. The van der Waals surface area contributed by atoms with Crippen molar-refractivity contribution in [3.63, 3.8) is 0 Å². The minimum atomic E-state index is -0.337. The third-order valence-electron chi connectivity index (χ3n) is 1.86. The fourth-order valence-corrected chi connectivity index (χ4v) is 1.24. The van der Waals surface area contributed by atoms with Crippen LogP contribution in [0.1, 0.15) is 25.7 Å². The lowest BCUT2D eigenvalue weighted by Gasteiger charge is -2.17. The highest BCUT2D eigenvalue weighted by Crippen LogP contribution is 2.20. The number of rotatable bonds is 0. The molecule has 1 fully saturated rings. The van der Waals surface area contributed by atoms with Crippen molar-refractivity contribution in [3.8, 4) is 0 Å². The Hall–Kier alpha value is -0.550. The first kappa shape index (κ1) is 6.57. The van der Waals surface area contributed by atoms with E-state index in [1.165, 1.54) is 0 Å². The lowest BCUT2D eigenvalue weighted by molar-refractivity contribution is 0.122. The zero-order valence-electron chi connectivity index (χ0n) is 5.38. The molecule has 0 aliphatic heterocycles. The first-order valence-electron chi connectivity index (χ1n) is 3.39. The molecule has 1 rings (SSSR count). The first-order valence-corrected chi connectivity index (χ1v) is 3.39. The summed E-state index contributed by atoms with van der Waals surface area (Å²) in [6.45, 7) is 6.69. The van der Waals surface area contributed by atoms with Gasteiger partial charge in [0.15, 0.2) is 0 Å². The molecule has 50 valence electrons. The summed E-state index contributed by atoms with van der Waals surface area (Å²) >= 11 is 0. The molecule has 0 unspecified atom stereocenters. The maximum absolute atomic E-state index is 9.16. The van der Waals surface area contributed by atoms with E-state index in [0.717, 1.165) is 25.7 Å². The molecule has 9 heavy (non-hydrogen) atoms. The quantitative estimate of drug-likeness (QED) is 0.483. The fourth-order valence-electron chi connectivity index (χ4n) is 1.24. The van der Waals surface area contributed by atoms with Gasteiger partial charge in [-0.25, -0.2) is 6.57 Å². The number of aliphatic hydroxyl groups excluding tert-OH is 1. The standard InChI is InChI=1S/C7H11NO/c1-8-6-4-2-3-5-7(6)9/h6-7,9H,2-5H2/t6-,7-/m1/s1. The van der Waals surface area contributed by atoms with E-state index >= 15 is 0 Å². The van der Waals surface area contributed by atoms with Crippen LogP contribution in [0.3, 0.4) is 0 Å². The number of hydrogen-bond acceptors (Lipinski definition) is 1. The largest absolute Gasteiger partial charge is 0.385 e. The van der Waals surface area contributed by atoms with Crippen molar-refractivity contribution in [2.24, 2.45) is 0 Å². The molecule has 1 aliphatic rings. The second-order valence-corrected chi connectivity index (χ2v) is 2.55. The number of aliphatic hydroxyl groups is 1. The van der Waals surface area contributed by atoms with E-state index in [9.17, 15) is 0 Å². The molecule has 2 atom stereocenters. The highest BCUT2D eigenvalue weighted by atomic mass is 16.3. The molecule has 0 amide bonds. The maximum atomic E-state index is 9.16. The van der Waals surface area contributed by atoms with Crippen molar-refractivity contribution in [3.05, 3.63) is 11.4 Å². The molecular weight excluding hydrogens is 114 g/mol. The topological polar surface area (TPSA) is 24.6 Å². The van der Waals surface area contributed by atoms with Crippen molar-refractivity contribution in [2.75, 3.05) is 0 Å². The van der Waals surface area contributed by atoms with Crippen LogP contribution in [-0.2, 0) is 0 Å². The molecule has 0 aromatic carbocycles. The first-order chi connectivity index (χ1) is 4.34. The van der Waals surface area contributed by atoms with Gasteiger partial charge in [-0.15, -0.1) is 0 Å². The highest BCUT2D eigenvalue weighted by Gasteiger charge is 2.26. The Morgan fingerprint density at radius 2 is 2.00 bits per heavy atom. The molecule has 2 heteroatoms. The molecule has 1 saturated carbocycles. The van der Waals surface area contributed by atoms with Crippen molar-refractivity contribution in [1.82, 2.24) is 0 Å². The minimum Gasteiger partial charge on any atom is -0.385 e. The van der Waals surface area contributed by atoms with E-state index in [0.29, 0.717) is 0 Å². The molecule has 0 aromatic rings. The molecule has 1 aliphatic carbocycles. The van der Waals surface area contributed by atoms with Gasteiger partial charge in [-0.3, -0.25) is 0 Å². The summed E-state index contributed by atoms with van der Waals surface area (Å²) in [5.74, 6) is 0. The van der Waals surface area contributed by atoms with Gasteiger partial charge in [0.1, 0.15) is 6.10 Å². The SMILES string of the molecule is [C-]#[N+][C@@H]1CCCC[C@H]1O. The second-order valence-electron chi connectivity index (χ2n) is 2.55. The molecule has 0 radical (unpaired) electrons. The normalized spacial score (nSPS) is 35.6. The summed E-state index contributed by atoms with van der Waals surface area (Å²) in [5, 5.41) is 9.16. The molecule has 0 aromatic heterocycles. The Morgan fingerprint density at radius 3 is 2.44 bits per heavy atom. The van der Waals surface area contributed by atoms with Gasteiger partial charge in [0.05, 0.1) is 0 Å². The summed E-state index contributed by atoms with van der Waals surface area (Å²) < 4.78 is 0. The van der Waals surface area contributed by atoms with E-state index in [4.69, 9.17) is 11.7 Å². The zero-order valence-corrected chi connectivity index (χ0v) is 5.38. The van der Waals surface area contributed by atoms with E-state index in [1.807, 2.05) is 0 Å². The molecule has 1 N–H and O–H groups in total. The zero-order chi connectivity index (χ0) is 6.69. The van der Waals surface area contributed by atoms with Crippen LogP contribution in [0.4, 0.5) is 0 Å². The Morgan fingerprint density at radius 1 is 1.33 bits per heavy atom. The number of hydrogen-bond donors (Lipinski definition) is 1. The molecule has 2 nitrogen and oxygen atoms in total. The van der Waals surface area contributed by atoms with Crippen LogP contribution in [-0.4, -0.2) is 17.3 Å². The molecule has 0 spiro atoms.